The van der Waals surface area contributed by atoms with Crippen LogP contribution in [0.15, 0.2) is 4.52 Å². The summed E-state index contributed by atoms with van der Waals surface area (Å²) in [7, 11) is 1.91. The fourth-order valence-electron chi connectivity index (χ4n) is 3.47. The summed E-state index contributed by atoms with van der Waals surface area (Å²) in [6.07, 6.45) is 4.60. The molecule has 2 fully saturated rings. The van der Waals surface area contributed by atoms with Gasteiger partial charge in [-0.2, -0.15) is 0 Å². The second-order valence-electron chi connectivity index (χ2n) is 5.88. The SMILES string of the molecule is Cc1noc(C)c1C(=O)N(C)C1CC2CCC(C1)N2.Cl. The Balaban J connectivity index is 0.00000147. The minimum atomic E-state index is 0. The van der Waals surface area contributed by atoms with Gasteiger partial charge >= 0.3 is 0 Å². The lowest BCUT2D eigenvalue weighted by Gasteiger charge is -2.35. The van der Waals surface area contributed by atoms with Gasteiger partial charge < -0.3 is 14.7 Å². The standard InChI is InChI=1S/C14H21N3O2.ClH/c1-8-13(9(2)19-16-8)14(18)17(3)12-6-10-4-5-11(7-12)15-10;/h10-12,15H,4-7H2,1-3H3;1H. The Kier molecular flexibility index (Phi) is 4.39. The van der Waals surface area contributed by atoms with Crippen LogP contribution < -0.4 is 5.32 Å². The summed E-state index contributed by atoms with van der Waals surface area (Å²) >= 11 is 0. The highest BCUT2D eigenvalue weighted by atomic mass is 35.5. The zero-order chi connectivity index (χ0) is 13.6. The van der Waals surface area contributed by atoms with Crippen LogP contribution in [-0.2, 0) is 0 Å². The Bertz CT molecular complexity index is 471. The second kappa shape index (κ2) is 5.74. The number of fused-ring (bicyclic) bond motifs is 2. The van der Waals surface area contributed by atoms with Crippen LogP contribution in [0, 0.1) is 13.8 Å². The number of halogens is 1. The Morgan fingerprint density at radius 1 is 1.30 bits per heavy atom. The van der Waals surface area contributed by atoms with E-state index in [1.54, 1.807) is 6.92 Å². The fraction of sp³-hybridized carbons (Fsp3) is 0.714. The molecule has 112 valence electrons. The van der Waals surface area contributed by atoms with Crippen LogP contribution in [0.4, 0.5) is 0 Å². The number of piperidine rings is 1. The molecule has 1 N–H and O–H groups in total. The zero-order valence-electron chi connectivity index (χ0n) is 12.2. The van der Waals surface area contributed by atoms with E-state index in [2.05, 4.69) is 10.5 Å². The molecule has 2 unspecified atom stereocenters. The van der Waals surface area contributed by atoms with E-state index >= 15 is 0 Å². The third kappa shape index (κ3) is 2.56. The van der Waals surface area contributed by atoms with Crippen molar-refractivity contribution in [3.8, 4) is 0 Å². The van der Waals surface area contributed by atoms with Crippen molar-refractivity contribution in [1.29, 1.82) is 0 Å². The normalized spacial score (nSPS) is 28.1. The van der Waals surface area contributed by atoms with Crippen LogP contribution in [-0.4, -0.2) is 41.1 Å². The molecule has 1 amide bonds. The first-order chi connectivity index (χ1) is 9.06. The summed E-state index contributed by atoms with van der Waals surface area (Å²) in [5, 5.41) is 7.47. The van der Waals surface area contributed by atoms with Gasteiger partial charge in [0.15, 0.2) is 0 Å². The van der Waals surface area contributed by atoms with Crippen molar-refractivity contribution in [2.75, 3.05) is 7.05 Å². The van der Waals surface area contributed by atoms with Crippen molar-refractivity contribution in [3.05, 3.63) is 17.0 Å². The van der Waals surface area contributed by atoms with E-state index in [4.69, 9.17) is 4.52 Å². The van der Waals surface area contributed by atoms with Crippen LogP contribution in [0.25, 0.3) is 0 Å². The minimum absolute atomic E-state index is 0. The number of aromatic nitrogens is 1. The van der Waals surface area contributed by atoms with Crippen molar-refractivity contribution in [1.82, 2.24) is 15.4 Å². The molecule has 0 radical (unpaired) electrons. The minimum Gasteiger partial charge on any atom is -0.361 e. The fourth-order valence-corrected chi connectivity index (χ4v) is 3.47. The van der Waals surface area contributed by atoms with Gasteiger partial charge in [-0.1, -0.05) is 5.16 Å². The number of hydrogen-bond donors (Lipinski definition) is 1. The molecule has 2 aliphatic rings. The topological polar surface area (TPSA) is 58.4 Å². The molecular formula is C14H22ClN3O2. The van der Waals surface area contributed by atoms with E-state index in [0.29, 0.717) is 35.1 Å². The summed E-state index contributed by atoms with van der Waals surface area (Å²) in [6, 6.07) is 1.51. The molecular weight excluding hydrogens is 278 g/mol. The van der Waals surface area contributed by atoms with Gasteiger partial charge in [0, 0.05) is 25.2 Å². The van der Waals surface area contributed by atoms with Crippen LogP contribution >= 0.6 is 12.4 Å². The zero-order valence-corrected chi connectivity index (χ0v) is 13.0. The maximum Gasteiger partial charge on any atom is 0.259 e. The summed E-state index contributed by atoms with van der Waals surface area (Å²) in [6.45, 7) is 3.62. The highest BCUT2D eigenvalue weighted by Gasteiger charge is 2.37. The maximum absolute atomic E-state index is 12.6. The molecule has 1 aromatic rings. The number of amides is 1. The van der Waals surface area contributed by atoms with Crippen molar-refractivity contribution in [2.45, 2.75) is 57.7 Å². The van der Waals surface area contributed by atoms with Crippen LogP contribution in [0.1, 0.15) is 47.5 Å². The Morgan fingerprint density at radius 2 is 1.90 bits per heavy atom. The summed E-state index contributed by atoms with van der Waals surface area (Å²) in [4.78, 5) is 14.5. The molecule has 6 heteroatoms. The van der Waals surface area contributed by atoms with E-state index < -0.39 is 0 Å². The summed E-state index contributed by atoms with van der Waals surface area (Å²) in [5.41, 5.74) is 1.32. The van der Waals surface area contributed by atoms with Gasteiger partial charge in [-0.3, -0.25) is 4.79 Å². The second-order valence-corrected chi connectivity index (χ2v) is 5.88. The number of carbonyl (C=O) groups excluding carboxylic acids is 1. The average Bonchev–Trinajstić information content (AvgIpc) is 2.90. The Labute approximate surface area is 125 Å². The number of carbonyl (C=O) groups is 1. The van der Waals surface area contributed by atoms with Gasteiger partial charge in [-0.05, 0) is 39.5 Å². The first-order valence-corrected chi connectivity index (χ1v) is 7.02. The molecule has 20 heavy (non-hydrogen) atoms. The lowest BCUT2D eigenvalue weighted by molar-refractivity contribution is 0.0679. The van der Waals surface area contributed by atoms with Crippen molar-refractivity contribution in [2.24, 2.45) is 0 Å². The smallest absolute Gasteiger partial charge is 0.259 e. The van der Waals surface area contributed by atoms with Crippen LogP contribution in [0.5, 0.6) is 0 Å². The third-order valence-corrected chi connectivity index (χ3v) is 4.56. The van der Waals surface area contributed by atoms with E-state index in [1.807, 2.05) is 18.9 Å². The van der Waals surface area contributed by atoms with Crippen molar-refractivity contribution >= 4 is 18.3 Å². The van der Waals surface area contributed by atoms with Crippen molar-refractivity contribution < 1.29 is 9.32 Å². The van der Waals surface area contributed by atoms with E-state index in [1.165, 1.54) is 12.8 Å². The highest BCUT2D eigenvalue weighted by molar-refractivity contribution is 5.96. The summed E-state index contributed by atoms with van der Waals surface area (Å²) < 4.78 is 5.10. The summed E-state index contributed by atoms with van der Waals surface area (Å²) in [5.74, 6) is 0.661. The predicted octanol–water partition coefficient (Wildman–Crippen LogP) is 2.07. The molecule has 5 nitrogen and oxygen atoms in total. The maximum atomic E-state index is 12.6. The molecule has 2 aliphatic heterocycles. The van der Waals surface area contributed by atoms with Gasteiger partial charge in [0.2, 0.25) is 0 Å². The first-order valence-electron chi connectivity index (χ1n) is 7.02. The molecule has 1 aromatic heterocycles. The molecule has 2 bridgehead atoms. The highest BCUT2D eigenvalue weighted by Crippen LogP contribution is 2.30. The number of aryl methyl sites for hydroxylation is 2. The molecule has 0 spiro atoms. The molecule has 0 saturated carbocycles. The van der Waals surface area contributed by atoms with Gasteiger partial charge in [0.1, 0.15) is 11.3 Å². The van der Waals surface area contributed by atoms with Crippen molar-refractivity contribution in [3.63, 3.8) is 0 Å². The first kappa shape index (κ1) is 15.3. The van der Waals surface area contributed by atoms with Gasteiger partial charge in [0.05, 0.1) is 5.69 Å². The molecule has 0 aliphatic carbocycles. The van der Waals surface area contributed by atoms with Gasteiger partial charge in [-0.25, -0.2) is 0 Å². The van der Waals surface area contributed by atoms with Gasteiger partial charge in [-0.15, -0.1) is 12.4 Å². The van der Waals surface area contributed by atoms with E-state index in [-0.39, 0.29) is 18.3 Å². The average molecular weight is 300 g/mol. The third-order valence-electron chi connectivity index (χ3n) is 4.56. The van der Waals surface area contributed by atoms with Crippen LogP contribution in [0.2, 0.25) is 0 Å². The molecule has 2 atom stereocenters. The Hall–Kier alpha value is -1.07. The molecule has 3 heterocycles. The lowest BCUT2D eigenvalue weighted by atomic mass is 9.98. The molecule has 3 rings (SSSR count). The lowest BCUT2D eigenvalue weighted by Crippen LogP contribution is -2.48. The monoisotopic (exact) mass is 299 g/mol. The molecule has 0 aromatic carbocycles. The number of rotatable bonds is 2. The quantitative estimate of drug-likeness (QED) is 0.908. The van der Waals surface area contributed by atoms with E-state index in [9.17, 15) is 4.79 Å². The van der Waals surface area contributed by atoms with E-state index in [0.717, 1.165) is 12.8 Å². The predicted molar refractivity (Wildman–Crippen MR) is 78.3 cm³/mol. The Morgan fingerprint density at radius 3 is 2.40 bits per heavy atom. The molecule has 2 saturated heterocycles. The van der Waals surface area contributed by atoms with Crippen LogP contribution in [0.3, 0.4) is 0 Å². The number of nitrogens with one attached hydrogen (secondary N) is 1. The largest absolute Gasteiger partial charge is 0.361 e. The number of nitrogens with zero attached hydrogens (tertiary/aromatic N) is 2. The van der Waals surface area contributed by atoms with Gasteiger partial charge in [0.25, 0.3) is 5.91 Å². The number of hydrogen-bond acceptors (Lipinski definition) is 4.